The normalized spacial score (nSPS) is 15.0. The number of aryl methyl sites for hydroxylation is 1. The molecule has 8 heteroatoms. The Bertz CT molecular complexity index is 779. The fraction of sp³-hybridized carbons (Fsp3) is 0.474. The quantitative estimate of drug-likeness (QED) is 0.333. The van der Waals surface area contributed by atoms with Gasteiger partial charge in [-0.3, -0.25) is 4.99 Å². The van der Waals surface area contributed by atoms with Crippen molar-refractivity contribution in [2.24, 2.45) is 10.9 Å². The third kappa shape index (κ3) is 6.60. The zero-order chi connectivity index (χ0) is 18.5. The summed E-state index contributed by atoms with van der Waals surface area (Å²) in [4.78, 5) is 9.61. The summed E-state index contributed by atoms with van der Waals surface area (Å²) in [6.45, 7) is 5.22. The summed E-state index contributed by atoms with van der Waals surface area (Å²) < 4.78 is 19.8. The van der Waals surface area contributed by atoms with Crippen LogP contribution >= 0.6 is 35.3 Å². The summed E-state index contributed by atoms with van der Waals surface area (Å²) >= 11 is 1.65. The molecule has 1 aromatic heterocycles. The van der Waals surface area contributed by atoms with E-state index in [1.165, 1.54) is 18.9 Å². The lowest BCUT2D eigenvalue weighted by atomic mass is 10.1. The van der Waals surface area contributed by atoms with Crippen LogP contribution in [-0.4, -0.2) is 24.6 Å². The first-order valence-corrected chi connectivity index (χ1v) is 9.67. The number of nitrogens with one attached hydrogen (secondary N) is 2. The van der Waals surface area contributed by atoms with E-state index >= 15 is 0 Å². The van der Waals surface area contributed by atoms with Gasteiger partial charge in [-0.2, -0.15) is 0 Å². The van der Waals surface area contributed by atoms with Crippen molar-refractivity contribution < 1.29 is 9.13 Å². The molecule has 5 nitrogen and oxygen atoms in total. The van der Waals surface area contributed by atoms with Crippen LogP contribution in [0.4, 0.5) is 4.39 Å². The van der Waals surface area contributed by atoms with E-state index in [4.69, 9.17) is 4.74 Å². The molecule has 0 aliphatic heterocycles. The summed E-state index contributed by atoms with van der Waals surface area (Å²) in [5.41, 5.74) is 0.845. The Balaban J connectivity index is 0.00000261. The Hall–Kier alpha value is -1.42. The molecule has 1 heterocycles. The second-order valence-corrected chi connectivity index (χ2v) is 7.90. The lowest BCUT2D eigenvalue weighted by Gasteiger charge is -2.18. The van der Waals surface area contributed by atoms with Gasteiger partial charge in [-0.25, -0.2) is 9.37 Å². The third-order valence-electron chi connectivity index (χ3n) is 4.30. The van der Waals surface area contributed by atoms with Crippen molar-refractivity contribution in [3.63, 3.8) is 0 Å². The molecule has 1 saturated carbocycles. The summed E-state index contributed by atoms with van der Waals surface area (Å²) in [6.07, 6.45) is 4.24. The summed E-state index contributed by atoms with van der Waals surface area (Å²) in [5.74, 6) is 1.28. The van der Waals surface area contributed by atoms with Crippen molar-refractivity contribution in [2.45, 2.75) is 39.3 Å². The first-order chi connectivity index (χ1) is 12.5. The smallest absolute Gasteiger partial charge is 0.191 e. The Morgan fingerprint density at radius 1 is 1.44 bits per heavy atom. The van der Waals surface area contributed by atoms with Gasteiger partial charge in [0, 0.05) is 18.1 Å². The van der Waals surface area contributed by atoms with E-state index < -0.39 is 0 Å². The van der Waals surface area contributed by atoms with Crippen molar-refractivity contribution in [3.05, 3.63) is 45.7 Å². The predicted octanol–water partition coefficient (Wildman–Crippen LogP) is 4.42. The SMILES string of the molecule is CN=C(NCc1cnc(C)s1)NC(C)c1ccc(OCC2CC2)c(F)c1.I. The van der Waals surface area contributed by atoms with Crippen LogP contribution in [0.3, 0.4) is 0 Å². The molecule has 1 aromatic carbocycles. The zero-order valence-electron chi connectivity index (χ0n) is 15.8. The summed E-state index contributed by atoms with van der Waals surface area (Å²) in [5, 5.41) is 7.58. The second-order valence-electron chi connectivity index (χ2n) is 6.58. The molecule has 27 heavy (non-hydrogen) atoms. The van der Waals surface area contributed by atoms with Crippen LogP contribution in [0.5, 0.6) is 5.75 Å². The maximum Gasteiger partial charge on any atom is 0.191 e. The number of hydrogen-bond donors (Lipinski definition) is 2. The van der Waals surface area contributed by atoms with Gasteiger partial charge in [0.15, 0.2) is 17.5 Å². The third-order valence-corrected chi connectivity index (χ3v) is 5.22. The highest BCUT2D eigenvalue weighted by molar-refractivity contribution is 14.0. The van der Waals surface area contributed by atoms with Gasteiger partial charge >= 0.3 is 0 Å². The Kier molecular flexibility index (Phi) is 8.28. The molecule has 0 amide bonds. The number of rotatable bonds is 7. The monoisotopic (exact) mass is 504 g/mol. The maximum absolute atomic E-state index is 14.3. The molecule has 1 aliphatic rings. The molecule has 0 saturated heterocycles. The average Bonchev–Trinajstić information content (AvgIpc) is 3.37. The van der Waals surface area contributed by atoms with E-state index in [1.807, 2.05) is 26.1 Å². The van der Waals surface area contributed by atoms with Crippen LogP contribution in [0.15, 0.2) is 29.4 Å². The number of thiazole rings is 1. The first kappa shape index (κ1) is 21.9. The van der Waals surface area contributed by atoms with Crippen LogP contribution in [0.1, 0.15) is 41.3 Å². The summed E-state index contributed by atoms with van der Waals surface area (Å²) in [6, 6.07) is 5.04. The van der Waals surface area contributed by atoms with E-state index in [-0.39, 0.29) is 35.8 Å². The highest BCUT2D eigenvalue weighted by atomic mass is 127. The minimum absolute atomic E-state index is 0. The minimum Gasteiger partial charge on any atom is -0.490 e. The summed E-state index contributed by atoms with van der Waals surface area (Å²) in [7, 11) is 1.72. The number of hydrogen-bond acceptors (Lipinski definition) is 4. The van der Waals surface area contributed by atoms with Gasteiger partial charge in [-0.05, 0) is 50.3 Å². The molecule has 1 aliphatic carbocycles. The van der Waals surface area contributed by atoms with E-state index in [0.29, 0.717) is 30.8 Å². The molecule has 3 rings (SSSR count). The van der Waals surface area contributed by atoms with Crippen molar-refractivity contribution in [1.82, 2.24) is 15.6 Å². The molecule has 1 fully saturated rings. The fourth-order valence-corrected chi connectivity index (χ4v) is 3.27. The van der Waals surface area contributed by atoms with Crippen LogP contribution in [-0.2, 0) is 6.54 Å². The lowest BCUT2D eigenvalue weighted by Crippen LogP contribution is -2.38. The number of aliphatic imine (C=N–C) groups is 1. The standard InChI is InChI=1S/C19H25FN4OS.HI/c1-12(24-19(21-3)23-10-16-9-22-13(2)26-16)15-6-7-18(17(20)8-15)25-11-14-4-5-14;/h6-9,12,14H,4-5,10-11H2,1-3H3,(H2,21,23,24);1H. The van der Waals surface area contributed by atoms with Crippen LogP contribution in [0.25, 0.3) is 0 Å². The average molecular weight is 504 g/mol. The van der Waals surface area contributed by atoms with Gasteiger partial charge in [0.25, 0.3) is 0 Å². The van der Waals surface area contributed by atoms with Gasteiger partial charge in [0.05, 0.1) is 24.2 Å². The Labute approximate surface area is 180 Å². The number of guanidine groups is 1. The van der Waals surface area contributed by atoms with Crippen molar-refractivity contribution in [2.75, 3.05) is 13.7 Å². The van der Waals surface area contributed by atoms with E-state index in [2.05, 4.69) is 20.6 Å². The number of ether oxygens (including phenoxy) is 1. The number of halogens is 2. The molecular formula is C19H26FIN4OS. The maximum atomic E-state index is 14.3. The van der Waals surface area contributed by atoms with Crippen molar-refractivity contribution in [1.29, 1.82) is 0 Å². The van der Waals surface area contributed by atoms with Crippen LogP contribution < -0.4 is 15.4 Å². The molecule has 0 bridgehead atoms. The molecule has 148 valence electrons. The van der Waals surface area contributed by atoms with Gasteiger partial charge in [0.2, 0.25) is 0 Å². The van der Waals surface area contributed by atoms with Crippen molar-refractivity contribution in [3.8, 4) is 5.75 Å². The van der Waals surface area contributed by atoms with E-state index in [1.54, 1.807) is 24.5 Å². The Morgan fingerprint density at radius 2 is 2.22 bits per heavy atom. The topological polar surface area (TPSA) is 58.5 Å². The zero-order valence-corrected chi connectivity index (χ0v) is 18.9. The molecule has 0 spiro atoms. The fourth-order valence-electron chi connectivity index (χ4n) is 2.54. The van der Waals surface area contributed by atoms with Gasteiger partial charge in [-0.15, -0.1) is 35.3 Å². The van der Waals surface area contributed by atoms with Crippen molar-refractivity contribution >= 4 is 41.3 Å². The van der Waals surface area contributed by atoms with Crippen LogP contribution in [0, 0.1) is 18.7 Å². The highest BCUT2D eigenvalue weighted by Crippen LogP contribution is 2.30. The largest absolute Gasteiger partial charge is 0.490 e. The Morgan fingerprint density at radius 3 is 2.81 bits per heavy atom. The van der Waals surface area contributed by atoms with Gasteiger partial charge < -0.3 is 15.4 Å². The molecule has 2 N–H and O–H groups in total. The number of aromatic nitrogens is 1. The first-order valence-electron chi connectivity index (χ1n) is 8.86. The lowest BCUT2D eigenvalue weighted by molar-refractivity contribution is 0.285. The van der Waals surface area contributed by atoms with E-state index in [0.717, 1.165) is 15.4 Å². The van der Waals surface area contributed by atoms with Crippen LogP contribution in [0.2, 0.25) is 0 Å². The predicted molar refractivity (Wildman–Crippen MR) is 119 cm³/mol. The minimum atomic E-state index is -0.320. The van der Waals surface area contributed by atoms with E-state index in [9.17, 15) is 4.39 Å². The molecule has 0 radical (unpaired) electrons. The molecule has 1 unspecified atom stereocenters. The van der Waals surface area contributed by atoms with Gasteiger partial charge in [-0.1, -0.05) is 6.07 Å². The highest BCUT2D eigenvalue weighted by Gasteiger charge is 2.22. The number of benzene rings is 1. The number of nitrogens with zero attached hydrogens (tertiary/aromatic N) is 2. The molecule has 1 atom stereocenters. The van der Waals surface area contributed by atoms with Gasteiger partial charge in [0.1, 0.15) is 0 Å². The molecular weight excluding hydrogens is 478 g/mol. The second kappa shape index (κ2) is 10.2. The molecule has 2 aromatic rings.